The van der Waals surface area contributed by atoms with Gasteiger partial charge in [-0.1, -0.05) is 29.8 Å². The molecule has 1 aliphatic heterocycles. The zero-order valence-electron chi connectivity index (χ0n) is 11.5. The van der Waals surface area contributed by atoms with Crippen molar-refractivity contribution in [1.82, 2.24) is 15.5 Å². The number of halogens is 1. The second-order valence-electron chi connectivity index (χ2n) is 4.85. The molecular weight excluding hydrogens is 278 g/mol. The van der Waals surface area contributed by atoms with Crippen LogP contribution in [0.15, 0.2) is 24.3 Å². The molecule has 0 spiro atoms. The zero-order valence-corrected chi connectivity index (χ0v) is 12.3. The van der Waals surface area contributed by atoms with E-state index in [0.717, 1.165) is 5.56 Å². The Morgan fingerprint density at radius 2 is 2.10 bits per heavy atom. The van der Waals surface area contributed by atoms with Crippen LogP contribution in [-0.4, -0.2) is 36.0 Å². The van der Waals surface area contributed by atoms with Crippen molar-refractivity contribution in [1.29, 1.82) is 0 Å². The highest BCUT2D eigenvalue weighted by atomic mass is 35.5. The van der Waals surface area contributed by atoms with E-state index in [1.807, 2.05) is 31.2 Å². The Labute approximate surface area is 123 Å². The van der Waals surface area contributed by atoms with Crippen molar-refractivity contribution >= 4 is 23.5 Å². The van der Waals surface area contributed by atoms with E-state index in [2.05, 4.69) is 10.6 Å². The molecule has 0 radical (unpaired) electrons. The summed E-state index contributed by atoms with van der Waals surface area (Å²) >= 11 is 6.13. The van der Waals surface area contributed by atoms with Crippen LogP contribution < -0.4 is 10.6 Å². The molecule has 2 rings (SSSR count). The van der Waals surface area contributed by atoms with Gasteiger partial charge in [0, 0.05) is 24.2 Å². The molecule has 2 atom stereocenters. The van der Waals surface area contributed by atoms with Gasteiger partial charge in [-0.05, 0) is 25.5 Å². The summed E-state index contributed by atoms with van der Waals surface area (Å²) in [4.78, 5) is 24.9. The number of benzene rings is 1. The number of imide groups is 1. The normalized spacial score (nSPS) is 17.8. The van der Waals surface area contributed by atoms with E-state index in [-0.39, 0.29) is 18.0 Å². The minimum absolute atomic E-state index is 0.0756. The molecule has 0 bridgehead atoms. The second kappa shape index (κ2) is 6.24. The SMILES string of the molecule is C[C@H](N[C@H](C)C(=O)N1CCNC1=O)c1ccccc1Cl. The van der Waals surface area contributed by atoms with Crippen LogP contribution in [0.5, 0.6) is 0 Å². The third-order valence-corrected chi connectivity index (χ3v) is 3.71. The summed E-state index contributed by atoms with van der Waals surface area (Å²) in [5.74, 6) is -0.223. The number of hydrogen-bond acceptors (Lipinski definition) is 3. The van der Waals surface area contributed by atoms with E-state index < -0.39 is 6.04 Å². The predicted molar refractivity (Wildman–Crippen MR) is 77.6 cm³/mol. The van der Waals surface area contributed by atoms with Gasteiger partial charge in [0.25, 0.3) is 0 Å². The van der Waals surface area contributed by atoms with Crippen LogP contribution >= 0.6 is 11.6 Å². The fourth-order valence-electron chi connectivity index (χ4n) is 2.28. The van der Waals surface area contributed by atoms with Crippen molar-refractivity contribution in [2.75, 3.05) is 13.1 Å². The molecule has 3 amide bonds. The number of amides is 3. The van der Waals surface area contributed by atoms with Crippen LogP contribution in [-0.2, 0) is 4.79 Å². The topological polar surface area (TPSA) is 61.4 Å². The van der Waals surface area contributed by atoms with Crippen LogP contribution in [0.4, 0.5) is 4.79 Å². The number of hydrogen-bond donors (Lipinski definition) is 2. The van der Waals surface area contributed by atoms with Gasteiger partial charge in [0.2, 0.25) is 5.91 Å². The number of nitrogens with one attached hydrogen (secondary N) is 2. The summed E-state index contributed by atoms with van der Waals surface area (Å²) in [6.45, 7) is 4.62. The van der Waals surface area contributed by atoms with Crippen molar-refractivity contribution in [3.63, 3.8) is 0 Å². The molecule has 20 heavy (non-hydrogen) atoms. The Hall–Kier alpha value is -1.59. The molecule has 0 aromatic heterocycles. The molecule has 0 aliphatic carbocycles. The number of nitrogens with zero attached hydrogens (tertiary/aromatic N) is 1. The summed E-state index contributed by atoms with van der Waals surface area (Å²) in [5.41, 5.74) is 0.930. The van der Waals surface area contributed by atoms with Crippen LogP contribution in [0.3, 0.4) is 0 Å². The Kier molecular flexibility index (Phi) is 4.62. The highest BCUT2D eigenvalue weighted by Gasteiger charge is 2.30. The number of carbonyl (C=O) groups is 2. The van der Waals surface area contributed by atoms with E-state index in [1.165, 1.54) is 4.90 Å². The van der Waals surface area contributed by atoms with Crippen molar-refractivity contribution < 1.29 is 9.59 Å². The van der Waals surface area contributed by atoms with E-state index in [0.29, 0.717) is 18.1 Å². The molecular formula is C14H18ClN3O2. The van der Waals surface area contributed by atoms with Crippen molar-refractivity contribution in [2.45, 2.75) is 25.9 Å². The summed E-state index contributed by atoms with van der Waals surface area (Å²) in [7, 11) is 0. The van der Waals surface area contributed by atoms with E-state index in [4.69, 9.17) is 11.6 Å². The zero-order chi connectivity index (χ0) is 14.7. The molecule has 1 aliphatic rings. The maximum absolute atomic E-state index is 12.2. The molecule has 6 heteroatoms. The molecule has 1 aromatic rings. The van der Waals surface area contributed by atoms with Crippen molar-refractivity contribution in [3.05, 3.63) is 34.9 Å². The lowest BCUT2D eigenvalue weighted by Gasteiger charge is -2.23. The monoisotopic (exact) mass is 295 g/mol. The first-order chi connectivity index (χ1) is 9.50. The molecule has 0 saturated carbocycles. The third-order valence-electron chi connectivity index (χ3n) is 3.36. The van der Waals surface area contributed by atoms with Gasteiger partial charge in [-0.2, -0.15) is 0 Å². The van der Waals surface area contributed by atoms with E-state index in [9.17, 15) is 9.59 Å². The molecule has 2 N–H and O–H groups in total. The third kappa shape index (κ3) is 3.11. The summed E-state index contributed by atoms with van der Waals surface area (Å²) in [6, 6.07) is 6.64. The van der Waals surface area contributed by atoms with Gasteiger partial charge in [-0.25, -0.2) is 4.79 Å². The second-order valence-corrected chi connectivity index (χ2v) is 5.26. The van der Waals surface area contributed by atoms with E-state index in [1.54, 1.807) is 6.92 Å². The fourth-order valence-corrected chi connectivity index (χ4v) is 2.58. The average Bonchev–Trinajstić information content (AvgIpc) is 2.84. The molecule has 0 unspecified atom stereocenters. The van der Waals surface area contributed by atoms with Gasteiger partial charge in [0.05, 0.1) is 6.04 Å². The van der Waals surface area contributed by atoms with Gasteiger partial charge < -0.3 is 5.32 Å². The molecule has 1 fully saturated rings. The van der Waals surface area contributed by atoms with Gasteiger partial charge in [0.15, 0.2) is 0 Å². The molecule has 108 valence electrons. The van der Waals surface area contributed by atoms with Crippen LogP contribution in [0.1, 0.15) is 25.5 Å². The quantitative estimate of drug-likeness (QED) is 0.892. The average molecular weight is 296 g/mol. The number of rotatable bonds is 4. The highest BCUT2D eigenvalue weighted by molar-refractivity contribution is 6.31. The molecule has 1 aromatic carbocycles. The van der Waals surface area contributed by atoms with Crippen molar-refractivity contribution in [3.8, 4) is 0 Å². The Bertz CT molecular complexity index is 521. The van der Waals surface area contributed by atoms with Crippen LogP contribution in [0.25, 0.3) is 0 Å². The number of carbonyl (C=O) groups excluding carboxylic acids is 2. The molecule has 1 saturated heterocycles. The number of urea groups is 1. The maximum Gasteiger partial charge on any atom is 0.324 e. The van der Waals surface area contributed by atoms with Crippen LogP contribution in [0.2, 0.25) is 5.02 Å². The highest BCUT2D eigenvalue weighted by Crippen LogP contribution is 2.22. The summed E-state index contributed by atoms with van der Waals surface area (Å²) in [6.07, 6.45) is 0. The first-order valence-electron chi connectivity index (χ1n) is 6.60. The molecule has 5 nitrogen and oxygen atoms in total. The fraction of sp³-hybridized carbons (Fsp3) is 0.429. The van der Waals surface area contributed by atoms with Crippen LogP contribution in [0, 0.1) is 0 Å². The first-order valence-corrected chi connectivity index (χ1v) is 6.98. The molecule has 1 heterocycles. The lowest BCUT2D eigenvalue weighted by molar-refractivity contribution is -0.129. The van der Waals surface area contributed by atoms with Gasteiger partial charge in [-0.15, -0.1) is 0 Å². The van der Waals surface area contributed by atoms with Gasteiger partial charge in [0.1, 0.15) is 0 Å². The standard InChI is InChI=1S/C14H18ClN3O2/c1-9(11-5-3-4-6-12(11)15)17-10(2)13(19)18-8-7-16-14(18)20/h3-6,9-10,17H,7-8H2,1-2H3,(H,16,20)/t9-,10+/m0/s1. The van der Waals surface area contributed by atoms with E-state index >= 15 is 0 Å². The summed E-state index contributed by atoms with van der Waals surface area (Å²) < 4.78 is 0. The maximum atomic E-state index is 12.2. The first kappa shape index (κ1) is 14.8. The van der Waals surface area contributed by atoms with Crippen molar-refractivity contribution in [2.24, 2.45) is 0 Å². The van der Waals surface area contributed by atoms with Gasteiger partial charge in [-0.3, -0.25) is 15.0 Å². The minimum Gasteiger partial charge on any atom is -0.336 e. The summed E-state index contributed by atoms with van der Waals surface area (Å²) in [5, 5.41) is 6.45. The minimum atomic E-state index is -0.454. The lowest BCUT2D eigenvalue weighted by atomic mass is 10.1. The Balaban J connectivity index is 2.00. The Morgan fingerprint density at radius 3 is 2.70 bits per heavy atom. The predicted octanol–water partition coefficient (Wildman–Crippen LogP) is 1.93. The largest absolute Gasteiger partial charge is 0.336 e. The Morgan fingerprint density at radius 1 is 1.40 bits per heavy atom. The lowest BCUT2D eigenvalue weighted by Crippen LogP contribution is -2.46. The van der Waals surface area contributed by atoms with Gasteiger partial charge >= 0.3 is 6.03 Å². The smallest absolute Gasteiger partial charge is 0.324 e.